The maximum Gasteiger partial charge on any atom is 0.472 e. The van der Waals surface area contributed by atoms with E-state index in [0.717, 1.165) is 24.2 Å². The number of carbonyl (C=O) groups is 5. The van der Waals surface area contributed by atoms with Crippen molar-refractivity contribution < 1.29 is 66.2 Å². The van der Waals surface area contributed by atoms with Crippen LogP contribution in [0.3, 0.4) is 0 Å². The van der Waals surface area contributed by atoms with E-state index in [4.69, 9.17) is 32.7 Å². The molecule has 0 aromatic carbocycles. The summed E-state index contributed by atoms with van der Waals surface area (Å²) >= 11 is 0. The van der Waals surface area contributed by atoms with Crippen molar-refractivity contribution in [3.05, 3.63) is 12.2 Å². The van der Waals surface area contributed by atoms with Gasteiger partial charge in [-0.1, -0.05) is 96.8 Å². The predicted octanol–water partition coefficient (Wildman–Crippen LogP) is 5.52. The second kappa shape index (κ2) is 36.2. The molecule has 0 aromatic heterocycles. The van der Waals surface area contributed by atoms with Crippen molar-refractivity contribution in [2.24, 2.45) is 0 Å². The van der Waals surface area contributed by atoms with Crippen LogP contribution in [0.1, 0.15) is 122 Å². The number of esters is 1. The number of phosphoric ester groups is 1. The van der Waals surface area contributed by atoms with Crippen LogP contribution in [0.2, 0.25) is 0 Å². The van der Waals surface area contributed by atoms with Gasteiger partial charge in [0.15, 0.2) is 0 Å². The van der Waals surface area contributed by atoms with E-state index < -0.39 is 25.7 Å². The molecule has 3 N–H and O–H groups in total. The Labute approximate surface area is 339 Å². The minimum absolute atomic E-state index is 0.0149. The maximum absolute atomic E-state index is 12.0. The number of amides is 4. The van der Waals surface area contributed by atoms with E-state index in [1.165, 1.54) is 89.2 Å². The summed E-state index contributed by atoms with van der Waals surface area (Å²) in [5.74, 6) is -1.42. The lowest BCUT2D eigenvalue weighted by Gasteiger charge is -2.13. The minimum atomic E-state index is -4.33. The van der Waals surface area contributed by atoms with Crippen LogP contribution in [-0.4, -0.2) is 125 Å². The molecule has 18 heteroatoms. The molecule has 57 heavy (non-hydrogen) atoms. The fourth-order valence-electron chi connectivity index (χ4n) is 5.49. The van der Waals surface area contributed by atoms with Gasteiger partial charge in [0.1, 0.15) is 6.61 Å². The molecule has 0 saturated heterocycles. The van der Waals surface area contributed by atoms with Crippen LogP contribution in [0, 0.1) is 0 Å². The SMILES string of the molecule is CCCCCCCCCCCCCCCCCC(=O)OCCCOP(=O)(O)OCCNC(=O)OCCOCCOCCOCCNC(=O)CCN1C(=O)C=CC1=O. The summed E-state index contributed by atoms with van der Waals surface area (Å²) in [6, 6.07) is 0. The Hall–Kier alpha value is -2.92. The highest BCUT2D eigenvalue weighted by Crippen LogP contribution is 2.42. The Balaban J connectivity index is 1.82. The molecule has 1 unspecified atom stereocenters. The first-order valence-corrected chi connectivity index (χ1v) is 22.4. The number of alkyl carbamates (subject to hydrolysis) is 1. The molecule has 0 bridgehead atoms. The first-order chi connectivity index (χ1) is 27.6. The maximum atomic E-state index is 12.0. The highest BCUT2D eigenvalue weighted by Gasteiger charge is 2.23. The smallest absolute Gasteiger partial charge is 0.466 e. The lowest BCUT2D eigenvalue weighted by molar-refractivity contribution is -0.144. The summed E-state index contributed by atoms with van der Waals surface area (Å²) in [7, 11) is -4.33. The van der Waals surface area contributed by atoms with Gasteiger partial charge in [-0.05, 0) is 6.42 Å². The molecule has 0 saturated carbocycles. The van der Waals surface area contributed by atoms with Crippen molar-refractivity contribution >= 4 is 37.6 Å². The van der Waals surface area contributed by atoms with Gasteiger partial charge in [0.05, 0.1) is 59.5 Å². The average Bonchev–Trinajstić information content (AvgIpc) is 3.51. The molecular formula is C39H70N3O14P. The summed E-state index contributed by atoms with van der Waals surface area (Å²) in [5.41, 5.74) is 0. The van der Waals surface area contributed by atoms with Gasteiger partial charge in [-0.25, -0.2) is 9.36 Å². The molecule has 17 nitrogen and oxygen atoms in total. The number of nitrogens with zero attached hydrogens (tertiary/aromatic N) is 1. The topological polar surface area (TPSA) is 215 Å². The lowest BCUT2D eigenvalue weighted by atomic mass is 10.0. The van der Waals surface area contributed by atoms with Crippen molar-refractivity contribution in [1.82, 2.24) is 15.5 Å². The normalized spacial score (nSPS) is 13.5. The number of hydrogen-bond donors (Lipinski definition) is 3. The molecule has 1 aliphatic rings. The molecular weight excluding hydrogens is 765 g/mol. The zero-order valence-corrected chi connectivity index (χ0v) is 35.1. The summed E-state index contributed by atoms with van der Waals surface area (Å²) in [4.78, 5) is 69.2. The van der Waals surface area contributed by atoms with Crippen LogP contribution >= 0.6 is 7.82 Å². The molecule has 0 aliphatic carbocycles. The minimum Gasteiger partial charge on any atom is -0.466 e. The van der Waals surface area contributed by atoms with Gasteiger partial charge in [0.25, 0.3) is 11.8 Å². The van der Waals surface area contributed by atoms with E-state index in [-0.39, 0.29) is 90.6 Å². The molecule has 0 fully saturated rings. The lowest BCUT2D eigenvalue weighted by Crippen LogP contribution is -2.35. The van der Waals surface area contributed by atoms with E-state index in [1.807, 2.05) is 0 Å². The third-order valence-electron chi connectivity index (χ3n) is 8.65. The van der Waals surface area contributed by atoms with E-state index in [2.05, 4.69) is 17.6 Å². The van der Waals surface area contributed by atoms with E-state index in [0.29, 0.717) is 26.2 Å². The molecule has 1 rings (SSSR count). The number of phosphoric acid groups is 1. The van der Waals surface area contributed by atoms with E-state index in [1.54, 1.807) is 0 Å². The molecule has 1 heterocycles. The highest BCUT2D eigenvalue weighted by molar-refractivity contribution is 7.47. The molecule has 330 valence electrons. The predicted molar refractivity (Wildman–Crippen MR) is 212 cm³/mol. The van der Waals surface area contributed by atoms with Crippen molar-refractivity contribution in [3.63, 3.8) is 0 Å². The summed E-state index contributed by atoms with van der Waals surface area (Å²) in [6.07, 6.45) is 21.1. The summed E-state index contributed by atoms with van der Waals surface area (Å²) in [6.45, 7) is 3.69. The van der Waals surface area contributed by atoms with Crippen LogP contribution in [0.5, 0.6) is 0 Å². The number of unbranched alkanes of at least 4 members (excludes halogenated alkanes) is 14. The second-order valence-electron chi connectivity index (χ2n) is 13.6. The fraction of sp³-hybridized carbons (Fsp3) is 0.821. The Morgan fingerprint density at radius 3 is 1.65 bits per heavy atom. The monoisotopic (exact) mass is 835 g/mol. The molecule has 0 radical (unpaired) electrons. The van der Waals surface area contributed by atoms with Gasteiger partial charge in [0.2, 0.25) is 5.91 Å². The number of ether oxygens (including phenoxy) is 5. The Kier molecular flexibility index (Phi) is 33.1. The van der Waals surface area contributed by atoms with Gasteiger partial charge >= 0.3 is 19.9 Å². The number of nitrogens with one attached hydrogen (secondary N) is 2. The summed E-state index contributed by atoms with van der Waals surface area (Å²) < 4.78 is 47.9. The highest BCUT2D eigenvalue weighted by atomic mass is 31.2. The van der Waals surface area contributed by atoms with Gasteiger partial charge in [-0.2, -0.15) is 0 Å². The number of hydrogen-bond acceptors (Lipinski definition) is 13. The van der Waals surface area contributed by atoms with Crippen LogP contribution < -0.4 is 10.6 Å². The van der Waals surface area contributed by atoms with Crippen LogP contribution in [0.4, 0.5) is 4.79 Å². The van der Waals surface area contributed by atoms with Gasteiger partial charge in [-0.3, -0.25) is 33.1 Å². The standard InChI is InChI=1S/C39H70N3O14P/c1-2-3-4-5-6-7-8-9-10-11-12-13-14-15-16-18-38(46)53-25-17-26-55-57(48,49)56-28-23-41-39(47)54-34-33-52-32-31-51-30-29-50-27-22-40-35(43)21-24-42-36(44)19-20-37(42)45/h19-20H,2-18,21-34H2,1H3,(H,40,43)(H,41,47)(H,48,49). The van der Waals surface area contributed by atoms with Gasteiger partial charge in [-0.15, -0.1) is 0 Å². The van der Waals surface area contributed by atoms with Crippen molar-refractivity contribution in [1.29, 1.82) is 0 Å². The molecule has 0 spiro atoms. The first-order valence-electron chi connectivity index (χ1n) is 20.9. The van der Waals surface area contributed by atoms with E-state index in [9.17, 15) is 33.4 Å². The quantitative estimate of drug-likeness (QED) is 0.0300. The fourth-order valence-corrected chi connectivity index (χ4v) is 6.25. The van der Waals surface area contributed by atoms with Crippen molar-refractivity contribution in [2.75, 3.05) is 85.7 Å². The van der Waals surface area contributed by atoms with E-state index >= 15 is 0 Å². The van der Waals surface area contributed by atoms with Crippen molar-refractivity contribution in [2.45, 2.75) is 122 Å². The molecule has 1 aliphatic heterocycles. The Morgan fingerprint density at radius 2 is 1.07 bits per heavy atom. The van der Waals surface area contributed by atoms with Crippen molar-refractivity contribution in [3.8, 4) is 0 Å². The zero-order valence-electron chi connectivity index (χ0n) is 34.2. The third kappa shape index (κ3) is 32.7. The summed E-state index contributed by atoms with van der Waals surface area (Å²) in [5, 5.41) is 5.02. The Bertz CT molecular complexity index is 1160. The van der Waals surface area contributed by atoms with Crippen LogP contribution in [-0.2, 0) is 56.5 Å². The Morgan fingerprint density at radius 1 is 0.579 bits per heavy atom. The van der Waals surface area contributed by atoms with Gasteiger partial charge in [0, 0.05) is 51.0 Å². The second-order valence-corrected chi connectivity index (χ2v) is 15.0. The molecule has 0 aromatic rings. The van der Waals surface area contributed by atoms with Crippen LogP contribution in [0.15, 0.2) is 12.2 Å². The number of rotatable bonds is 40. The molecule has 1 atom stereocenters. The average molecular weight is 836 g/mol. The number of carbonyl (C=O) groups excluding carboxylic acids is 5. The number of imide groups is 1. The molecule has 4 amide bonds. The third-order valence-corrected chi connectivity index (χ3v) is 9.67. The van der Waals surface area contributed by atoms with Crippen LogP contribution in [0.25, 0.3) is 0 Å². The zero-order chi connectivity index (χ0) is 41.7. The largest absolute Gasteiger partial charge is 0.472 e. The first kappa shape index (κ1) is 52.1. The van der Waals surface area contributed by atoms with Gasteiger partial charge < -0.3 is 39.2 Å².